The third-order valence-electron chi connectivity index (χ3n) is 11.3. The minimum absolute atomic E-state index is 0.00416. The fourth-order valence-corrected chi connectivity index (χ4v) is 10.3. The van der Waals surface area contributed by atoms with Crippen LogP contribution in [0.1, 0.15) is 89.9 Å². The summed E-state index contributed by atoms with van der Waals surface area (Å²) in [5.41, 5.74) is -2.55. The Morgan fingerprint density at radius 2 is 1.91 bits per heavy atom. The summed E-state index contributed by atoms with van der Waals surface area (Å²) in [5, 5.41) is 21.5. The zero-order valence-electron chi connectivity index (χ0n) is 26.1. The molecule has 1 unspecified atom stereocenters. The van der Waals surface area contributed by atoms with Crippen molar-refractivity contribution in [2.45, 2.75) is 97.0 Å². The summed E-state index contributed by atoms with van der Waals surface area (Å²) >= 11 is 6.73. The highest BCUT2D eigenvalue weighted by molar-refractivity contribution is 8.23. The Morgan fingerprint density at radius 1 is 1.20 bits per heavy atom. The lowest BCUT2D eigenvalue weighted by molar-refractivity contribution is -0.213. The summed E-state index contributed by atoms with van der Waals surface area (Å²) in [7, 11) is 0. The van der Waals surface area contributed by atoms with Gasteiger partial charge in [-0.3, -0.25) is 9.59 Å². The molecule has 0 aromatic heterocycles. The molecule has 7 nitrogen and oxygen atoms in total. The van der Waals surface area contributed by atoms with Crippen LogP contribution in [0.25, 0.3) is 0 Å². The number of esters is 1. The number of carbonyl (C=O) groups excluding carboxylic acids is 3. The Hall–Kier alpha value is -1.95. The van der Waals surface area contributed by atoms with Gasteiger partial charge in [0.25, 0.3) is 0 Å². The lowest BCUT2D eigenvalue weighted by Crippen LogP contribution is -2.64. The summed E-state index contributed by atoms with van der Waals surface area (Å²) in [6.45, 7) is 9.24. The van der Waals surface area contributed by atoms with E-state index in [9.17, 15) is 33.4 Å². The maximum Gasteiger partial charge on any atom is 0.332 e. The Balaban J connectivity index is 1.81. The molecule has 0 aliphatic heterocycles. The van der Waals surface area contributed by atoms with Gasteiger partial charge in [0.1, 0.15) is 30.1 Å². The molecule has 0 spiro atoms. The number of aliphatic hydroxyl groups is 2. The van der Waals surface area contributed by atoms with Crippen molar-refractivity contribution in [3.63, 3.8) is 0 Å². The molecular formula is C33H44F2O7S2. The average Bonchev–Trinajstić information content (AvgIpc) is 3.33. The zero-order chi connectivity index (χ0) is 32.6. The summed E-state index contributed by atoms with van der Waals surface area (Å²) in [6, 6.07) is 2.83. The van der Waals surface area contributed by atoms with E-state index in [2.05, 4.69) is 6.92 Å². The molecule has 1 aromatic rings. The van der Waals surface area contributed by atoms with Crippen LogP contribution in [0.2, 0.25) is 0 Å². The van der Waals surface area contributed by atoms with E-state index in [0.29, 0.717) is 25.5 Å². The second-order valence-corrected chi connectivity index (χ2v) is 15.2. The first kappa shape index (κ1) is 34.9. The average molecular weight is 655 g/mol. The first-order chi connectivity index (χ1) is 20.6. The number of hydrogen-bond acceptors (Lipinski definition) is 9. The van der Waals surface area contributed by atoms with Crippen molar-refractivity contribution in [3.8, 4) is 0 Å². The molecule has 44 heavy (non-hydrogen) atoms. The molecule has 0 radical (unpaired) electrons. The highest BCUT2D eigenvalue weighted by atomic mass is 32.2. The fraction of sp³-hybridized carbons (Fsp3) is 0.697. The number of ketones is 2. The van der Waals surface area contributed by atoms with Gasteiger partial charge in [-0.25, -0.2) is 13.6 Å². The maximum atomic E-state index is 14.5. The van der Waals surface area contributed by atoms with E-state index < -0.39 is 69.6 Å². The number of aliphatic hydroxyl groups excluding tert-OH is 2. The molecule has 1 aromatic carbocycles. The van der Waals surface area contributed by atoms with Crippen LogP contribution < -0.4 is 0 Å². The fourth-order valence-electron chi connectivity index (χ4n) is 8.72. The largest absolute Gasteiger partial charge is 0.479 e. The van der Waals surface area contributed by atoms with Gasteiger partial charge in [-0.05, 0) is 80.6 Å². The third kappa shape index (κ3) is 6.10. The van der Waals surface area contributed by atoms with Crippen LogP contribution in [0.5, 0.6) is 0 Å². The molecule has 2 N–H and O–H groups in total. The molecule has 0 saturated heterocycles. The van der Waals surface area contributed by atoms with Crippen LogP contribution in [-0.2, 0) is 19.1 Å². The van der Waals surface area contributed by atoms with Gasteiger partial charge in [0.15, 0.2) is 5.78 Å². The number of carbonyl (C=O) groups is 3. The summed E-state index contributed by atoms with van der Waals surface area (Å²) < 4.78 is 39.9. The molecule has 244 valence electrons. The first-order valence-electron chi connectivity index (χ1n) is 15.5. The minimum atomic E-state index is -1.03. The number of halogens is 2. The van der Waals surface area contributed by atoms with Crippen LogP contribution in [-0.4, -0.2) is 62.8 Å². The second-order valence-electron chi connectivity index (χ2n) is 13.4. The Labute approximate surface area is 267 Å². The summed E-state index contributed by atoms with van der Waals surface area (Å²) in [5.74, 6) is -3.70. The topological polar surface area (TPSA) is 110 Å². The van der Waals surface area contributed by atoms with Crippen molar-refractivity contribution in [1.29, 1.82) is 0 Å². The monoisotopic (exact) mass is 654 g/mol. The van der Waals surface area contributed by atoms with Gasteiger partial charge in [-0.1, -0.05) is 39.5 Å². The molecule has 3 aliphatic carbocycles. The van der Waals surface area contributed by atoms with Crippen LogP contribution >= 0.6 is 24.0 Å². The smallest absolute Gasteiger partial charge is 0.332 e. The number of thiocarbonyl (C=S) groups is 1. The lowest BCUT2D eigenvalue weighted by Gasteiger charge is -2.62. The third-order valence-corrected chi connectivity index (χ3v) is 13.1. The molecule has 0 heterocycles. The maximum absolute atomic E-state index is 14.5. The molecule has 3 aliphatic rings. The van der Waals surface area contributed by atoms with E-state index >= 15 is 0 Å². The highest BCUT2D eigenvalue weighted by Crippen LogP contribution is 2.68. The number of hydrogen-bond donors (Lipinski definition) is 2. The van der Waals surface area contributed by atoms with Gasteiger partial charge >= 0.3 is 5.97 Å². The molecule has 2 bridgehead atoms. The quantitative estimate of drug-likeness (QED) is 0.186. The van der Waals surface area contributed by atoms with Crippen LogP contribution in [0.15, 0.2) is 18.2 Å². The van der Waals surface area contributed by atoms with E-state index in [4.69, 9.17) is 21.7 Å². The molecule has 3 saturated carbocycles. The van der Waals surface area contributed by atoms with Crippen molar-refractivity contribution >= 4 is 45.9 Å². The predicted octanol–water partition coefficient (Wildman–Crippen LogP) is 6.06. The highest BCUT2D eigenvalue weighted by Gasteiger charge is 2.69. The standard InChI is InChI=1S/C33H44F2O7S2/c1-6-41-30(43)44-26(10-9-23(37)21-8-7-20(34)15-22(21)35)31(4)16-25(42-27(39)17-36)32(5)18(2)11-13-33(19(3)29(31)40)14-12-24(38)28(32)33/h7-8,15,18-19,25-26,28-29,36,40H,6,9-14,16-17H2,1-5H3/t18-,19+,25-,26?,28+,29+,31+,32+,33+/m1/s1. The van der Waals surface area contributed by atoms with Gasteiger partial charge in [-0.15, -0.1) is 0 Å². The van der Waals surface area contributed by atoms with Gasteiger partial charge in [0.05, 0.1) is 18.3 Å². The van der Waals surface area contributed by atoms with Crippen molar-refractivity contribution in [2.24, 2.45) is 34.0 Å². The lowest BCUT2D eigenvalue weighted by atomic mass is 9.43. The SMILES string of the molecule is CCOC(=S)SC(CCC(=O)c1ccc(F)cc1F)[C@]1(C)C[C@@H](OC(=O)CO)[C@]2(C)[C@H](C)CC[C@]3(CCC(=O)[C@H]32)[C@@H](C)[C@@H]1O. The van der Waals surface area contributed by atoms with Crippen molar-refractivity contribution in [3.05, 3.63) is 35.4 Å². The van der Waals surface area contributed by atoms with Crippen LogP contribution in [0.3, 0.4) is 0 Å². The van der Waals surface area contributed by atoms with Crippen molar-refractivity contribution in [1.82, 2.24) is 0 Å². The van der Waals surface area contributed by atoms with Gasteiger partial charge < -0.3 is 19.7 Å². The van der Waals surface area contributed by atoms with Gasteiger partial charge in [-0.2, -0.15) is 0 Å². The second kappa shape index (κ2) is 13.4. The van der Waals surface area contributed by atoms with E-state index in [1.807, 2.05) is 20.8 Å². The van der Waals surface area contributed by atoms with Gasteiger partial charge in [0, 0.05) is 40.9 Å². The van der Waals surface area contributed by atoms with Gasteiger partial charge in [0.2, 0.25) is 4.38 Å². The predicted molar refractivity (Wildman–Crippen MR) is 167 cm³/mol. The van der Waals surface area contributed by atoms with Crippen LogP contribution in [0, 0.1) is 45.6 Å². The van der Waals surface area contributed by atoms with Crippen LogP contribution in [0.4, 0.5) is 8.78 Å². The van der Waals surface area contributed by atoms with E-state index in [1.54, 1.807) is 6.92 Å². The normalized spacial score (nSPS) is 35.7. The summed E-state index contributed by atoms with van der Waals surface area (Å²) in [6.07, 6.45) is 0.892. The van der Waals surface area contributed by atoms with E-state index in [-0.39, 0.29) is 46.8 Å². The van der Waals surface area contributed by atoms with E-state index in [1.165, 1.54) is 11.8 Å². The number of thioether (sulfide) groups is 1. The minimum Gasteiger partial charge on any atom is -0.479 e. The molecule has 0 amide bonds. The molecular weight excluding hydrogens is 610 g/mol. The number of Topliss-reactive ketones (excluding diaryl/α,β-unsaturated/α-hetero) is 2. The zero-order valence-corrected chi connectivity index (χ0v) is 27.7. The Kier molecular flexibility index (Phi) is 10.6. The Bertz CT molecular complexity index is 1290. The molecule has 4 rings (SSSR count). The number of rotatable bonds is 9. The van der Waals surface area contributed by atoms with Crippen molar-refractivity contribution in [2.75, 3.05) is 13.2 Å². The van der Waals surface area contributed by atoms with E-state index in [0.717, 1.165) is 25.0 Å². The molecule has 11 heteroatoms. The number of benzene rings is 1. The Morgan fingerprint density at radius 3 is 2.55 bits per heavy atom. The first-order valence-corrected chi connectivity index (χ1v) is 16.8. The van der Waals surface area contributed by atoms with Crippen molar-refractivity contribution < 1.29 is 42.9 Å². The molecule has 3 fully saturated rings. The number of ether oxygens (including phenoxy) is 2. The molecule has 9 atom stereocenters. The summed E-state index contributed by atoms with van der Waals surface area (Å²) in [4.78, 5) is 39.6.